The lowest BCUT2D eigenvalue weighted by Gasteiger charge is -2.01. The van der Waals surface area contributed by atoms with Gasteiger partial charge in [-0.05, 0) is 43.9 Å². The minimum atomic E-state index is -0.812. The minimum Gasteiger partial charge on any atom is -0.309 e. The van der Waals surface area contributed by atoms with Gasteiger partial charge in [-0.2, -0.15) is 0 Å². The van der Waals surface area contributed by atoms with Crippen LogP contribution in [0.3, 0.4) is 0 Å². The molecule has 2 fully saturated rings. The van der Waals surface area contributed by atoms with Gasteiger partial charge in [0.25, 0.3) is 0 Å². The van der Waals surface area contributed by atoms with E-state index in [2.05, 4.69) is 5.32 Å². The van der Waals surface area contributed by atoms with Gasteiger partial charge in [0.15, 0.2) is 11.6 Å². The molecule has 0 saturated heterocycles. The van der Waals surface area contributed by atoms with Crippen molar-refractivity contribution in [3.8, 4) is 10.6 Å². The van der Waals surface area contributed by atoms with Gasteiger partial charge < -0.3 is 5.32 Å². The molecule has 4 rings (SSSR count). The Labute approximate surface area is 126 Å². The third-order valence-corrected chi connectivity index (χ3v) is 5.11. The molecule has 21 heavy (non-hydrogen) atoms. The fourth-order valence-electron chi connectivity index (χ4n) is 2.44. The van der Waals surface area contributed by atoms with Gasteiger partial charge in [-0.15, -0.1) is 11.3 Å². The summed E-state index contributed by atoms with van der Waals surface area (Å²) in [4.78, 5) is 5.95. The van der Waals surface area contributed by atoms with Crippen LogP contribution in [0.25, 0.3) is 10.6 Å². The van der Waals surface area contributed by atoms with E-state index < -0.39 is 11.6 Å². The highest BCUT2D eigenvalue weighted by Crippen LogP contribution is 2.44. The number of hydrogen-bond acceptors (Lipinski definition) is 3. The van der Waals surface area contributed by atoms with Crippen LogP contribution >= 0.6 is 11.3 Å². The lowest BCUT2D eigenvalue weighted by Crippen LogP contribution is -2.15. The summed E-state index contributed by atoms with van der Waals surface area (Å²) in [6.45, 7) is 0.845. The van der Waals surface area contributed by atoms with Crippen LogP contribution in [0.1, 0.15) is 42.2 Å². The predicted molar refractivity (Wildman–Crippen MR) is 79.3 cm³/mol. The van der Waals surface area contributed by atoms with Gasteiger partial charge in [0.05, 0.1) is 5.69 Å². The molecule has 110 valence electrons. The molecule has 5 heteroatoms. The van der Waals surface area contributed by atoms with Gasteiger partial charge in [-0.3, -0.25) is 0 Å². The Kier molecular flexibility index (Phi) is 3.27. The average Bonchev–Trinajstić information content (AvgIpc) is 3.39. The topological polar surface area (TPSA) is 24.9 Å². The Morgan fingerprint density at radius 1 is 1.14 bits per heavy atom. The molecular formula is C16H16F2N2S. The minimum absolute atomic E-state index is 0.566. The molecule has 1 aromatic heterocycles. The number of nitrogens with zero attached hydrogens (tertiary/aromatic N) is 1. The maximum absolute atomic E-state index is 13.4. The maximum Gasteiger partial charge on any atom is 0.159 e. The van der Waals surface area contributed by atoms with Gasteiger partial charge >= 0.3 is 0 Å². The summed E-state index contributed by atoms with van der Waals surface area (Å²) >= 11 is 1.60. The number of nitrogens with one attached hydrogen (secondary N) is 1. The monoisotopic (exact) mass is 306 g/mol. The second-order valence-electron chi connectivity index (χ2n) is 5.89. The smallest absolute Gasteiger partial charge is 0.159 e. The second-order valence-corrected chi connectivity index (χ2v) is 6.97. The number of aromatic nitrogens is 1. The van der Waals surface area contributed by atoms with Crippen molar-refractivity contribution in [3.63, 3.8) is 0 Å². The lowest BCUT2D eigenvalue weighted by atomic mass is 10.2. The van der Waals surface area contributed by atoms with Crippen LogP contribution in [0.5, 0.6) is 0 Å². The Hall–Kier alpha value is -1.33. The molecule has 2 nitrogen and oxygen atoms in total. The van der Waals surface area contributed by atoms with Crippen molar-refractivity contribution < 1.29 is 8.78 Å². The summed E-state index contributed by atoms with van der Waals surface area (Å²) in [7, 11) is 0. The molecule has 0 spiro atoms. The van der Waals surface area contributed by atoms with E-state index in [1.807, 2.05) is 0 Å². The third-order valence-electron chi connectivity index (χ3n) is 3.99. The van der Waals surface area contributed by atoms with Gasteiger partial charge in [0.2, 0.25) is 0 Å². The summed E-state index contributed by atoms with van der Waals surface area (Å²) in [6, 6.07) is 4.67. The molecule has 0 bridgehead atoms. The highest BCUT2D eigenvalue weighted by Gasteiger charge is 2.30. The van der Waals surface area contributed by atoms with E-state index in [9.17, 15) is 8.78 Å². The zero-order chi connectivity index (χ0) is 14.4. The van der Waals surface area contributed by atoms with E-state index in [0.29, 0.717) is 17.5 Å². The SMILES string of the molecule is Fc1ccc(-c2nc(C3CC3)c(CNC3CC3)s2)cc1F. The number of thiazole rings is 1. The molecule has 0 amide bonds. The molecule has 0 radical (unpaired) electrons. The largest absolute Gasteiger partial charge is 0.309 e. The molecule has 1 heterocycles. The maximum atomic E-state index is 13.4. The van der Waals surface area contributed by atoms with Crippen LogP contribution in [0.2, 0.25) is 0 Å². The predicted octanol–water partition coefficient (Wildman–Crippen LogP) is 4.22. The lowest BCUT2D eigenvalue weighted by molar-refractivity contribution is 0.509. The standard InChI is InChI=1S/C16H16F2N2S/c17-12-6-3-10(7-13(12)18)16-20-15(9-1-2-9)14(21-16)8-19-11-4-5-11/h3,6-7,9,11,19H,1-2,4-5,8H2. The number of rotatable bonds is 5. The van der Waals surface area contributed by atoms with Gasteiger partial charge in [0, 0.05) is 28.9 Å². The number of halogens is 2. The number of hydrogen-bond donors (Lipinski definition) is 1. The third kappa shape index (κ3) is 2.85. The number of benzene rings is 1. The highest BCUT2D eigenvalue weighted by molar-refractivity contribution is 7.15. The molecule has 0 aliphatic heterocycles. The van der Waals surface area contributed by atoms with Crippen LogP contribution in [0.15, 0.2) is 18.2 Å². The van der Waals surface area contributed by atoms with E-state index in [-0.39, 0.29) is 0 Å². The summed E-state index contributed by atoms with van der Waals surface area (Å²) < 4.78 is 26.4. The van der Waals surface area contributed by atoms with Crippen molar-refractivity contribution in [1.29, 1.82) is 0 Å². The first-order valence-corrected chi connectivity index (χ1v) is 8.21. The Bertz CT molecular complexity index is 675. The van der Waals surface area contributed by atoms with Crippen molar-refractivity contribution in [2.24, 2.45) is 0 Å². The summed E-state index contributed by atoms with van der Waals surface area (Å²) in [5, 5.41) is 4.31. The van der Waals surface area contributed by atoms with Gasteiger partial charge in [0.1, 0.15) is 5.01 Å². The first-order valence-electron chi connectivity index (χ1n) is 7.39. The molecule has 2 aromatic rings. The van der Waals surface area contributed by atoms with E-state index >= 15 is 0 Å². The van der Waals surface area contributed by atoms with Crippen molar-refractivity contribution in [2.45, 2.75) is 44.2 Å². The van der Waals surface area contributed by atoms with Crippen LogP contribution in [-0.2, 0) is 6.54 Å². The second kappa shape index (κ2) is 5.14. The van der Waals surface area contributed by atoms with Crippen LogP contribution in [-0.4, -0.2) is 11.0 Å². The summed E-state index contributed by atoms with van der Waals surface area (Å²) in [5.74, 6) is -1.06. The van der Waals surface area contributed by atoms with Crippen LogP contribution < -0.4 is 5.32 Å². The van der Waals surface area contributed by atoms with Crippen LogP contribution in [0.4, 0.5) is 8.78 Å². The van der Waals surface area contributed by atoms with E-state index in [4.69, 9.17) is 4.98 Å². The van der Waals surface area contributed by atoms with E-state index in [1.54, 1.807) is 17.4 Å². The first kappa shape index (κ1) is 13.3. The normalized spacial score (nSPS) is 18.2. The van der Waals surface area contributed by atoms with Crippen molar-refractivity contribution in [2.75, 3.05) is 0 Å². The molecule has 2 aliphatic rings. The van der Waals surface area contributed by atoms with E-state index in [0.717, 1.165) is 17.2 Å². The molecule has 2 saturated carbocycles. The average molecular weight is 306 g/mol. The fraction of sp³-hybridized carbons (Fsp3) is 0.438. The molecule has 1 N–H and O–H groups in total. The highest BCUT2D eigenvalue weighted by atomic mass is 32.1. The summed E-state index contributed by atoms with van der Waals surface area (Å²) in [5.41, 5.74) is 1.83. The molecular weight excluding hydrogens is 290 g/mol. The zero-order valence-electron chi connectivity index (χ0n) is 11.5. The molecule has 0 unspecified atom stereocenters. The summed E-state index contributed by atoms with van der Waals surface area (Å²) in [6.07, 6.45) is 4.90. The van der Waals surface area contributed by atoms with E-state index in [1.165, 1.54) is 42.7 Å². The first-order chi connectivity index (χ1) is 10.2. The van der Waals surface area contributed by atoms with Crippen LogP contribution in [0, 0.1) is 11.6 Å². The van der Waals surface area contributed by atoms with Gasteiger partial charge in [-0.25, -0.2) is 13.8 Å². The van der Waals surface area contributed by atoms with Crippen molar-refractivity contribution in [1.82, 2.24) is 10.3 Å². The van der Waals surface area contributed by atoms with Gasteiger partial charge in [-0.1, -0.05) is 0 Å². The molecule has 0 atom stereocenters. The Balaban J connectivity index is 1.64. The Morgan fingerprint density at radius 2 is 1.95 bits per heavy atom. The zero-order valence-corrected chi connectivity index (χ0v) is 12.4. The molecule has 1 aromatic carbocycles. The quantitative estimate of drug-likeness (QED) is 0.894. The molecule has 2 aliphatic carbocycles. The van der Waals surface area contributed by atoms with Crippen molar-refractivity contribution in [3.05, 3.63) is 40.4 Å². The van der Waals surface area contributed by atoms with Crippen molar-refractivity contribution >= 4 is 11.3 Å². The Morgan fingerprint density at radius 3 is 2.62 bits per heavy atom. The fourth-order valence-corrected chi connectivity index (χ4v) is 3.54.